The molecular weight excluding hydrogens is 414 g/mol. The molecule has 1 aromatic heterocycles. The molecule has 1 saturated heterocycles. The van der Waals surface area contributed by atoms with Gasteiger partial charge in [-0.05, 0) is 37.5 Å². The van der Waals surface area contributed by atoms with Gasteiger partial charge < -0.3 is 14.6 Å². The smallest absolute Gasteiger partial charge is 0.302 e. The fourth-order valence-corrected chi connectivity index (χ4v) is 4.73. The number of hydrogen-bond donors (Lipinski definition) is 1. The second-order valence-electron chi connectivity index (χ2n) is 8.01. The normalized spacial score (nSPS) is 14.8. The molecule has 4 rings (SSSR count). The van der Waals surface area contributed by atoms with Crippen molar-refractivity contribution in [3.63, 3.8) is 0 Å². The first-order valence-corrected chi connectivity index (χ1v) is 10.6. The zero-order valence-electron chi connectivity index (χ0n) is 18.0. The van der Waals surface area contributed by atoms with Crippen LogP contribution in [0.3, 0.4) is 0 Å². The number of nitro benzene ring substituents is 2. The summed E-state index contributed by atoms with van der Waals surface area (Å²) in [4.78, 5) is 28.9. The highest BCUT2D eigenvalue weighted by molar-refractivity contribution is 5.79. The van der Waals surface area contributed by atoms with Crippen molar-refractivity contribution in [2.75, 3.05) is 18.0 Å². The Morgan fingerprint density at radius 2 is 1.84 bits per heavy atom. The van der Waals surface area contributed by atoms with E-state index in [4.69, 9.17) is 4.98 Å². The predicted molar refractivity (Wildman–Crippen MR) is 120 cm³/mol. The average molecular weight is 439 g/mol. The van der Waals surface area contributed by atoms with E-state index in [1.807, 2.05) is 24.3 Å². The molecule has 1 fully saturated rings. The molecule has 0 aliphatic carbocycles. The largest absolute Gasteiger partial charge is 0.392 e. The molecule has 0 radical (unpaired) electrons. The molecular formula is C22H25N5O5. The van der Waals surface area contributed by atoms with Gasteiger partial charge in [0, 0.05) is 37.2 Å². The van der Waals surface area contributed by atoms with Crippen molar-refractivity contribution in [1.82, 2.24) is 9.55 Å². The maximum atomic E-state index is 11.9. The van der Waals surface area contributed by atoms with Gasteiger partial charge >= 0.3 is 5.69 Å². The summed E-state index contributed by atoms with van der Waals surface area (Å²) in [5.74, 6) is 0.991. The van der Waals surface area contributed by atoms with Crippen molar-refractivity contribution < 1.29 is 15.0 Å². The van der Waals surface area contributed by atoms with Crippen LogP contribution in [0.25, 0.3) is 11.0 Å². The fourth-order valence-electron chi connectivity index (χ4n) is 4.73. The summed E-state index contributed by atoms with van der Waals surface area (Å²) in [5.41, 5.74) is 1.83. The number of rotatable bonds is 6. The van der Waals surface area contributed by atoms with Crippen LogP contribution in [0.15, 0.2) is 30.3 Å². The molecule has 10 nitrogen and oxygen atoms in total. The number of fused-ring (bicyclic) bond motifs is 1. The van der Waals surface area contributed by atoms with E-state index < -0.39 is 16.5 Å². The van der Waals surface area contributed by atoms with E-state index in [0.717, 1.165) is 23.3 Å². The first kappa shape index (κ1) is 21.7. The summed E-state index contributed by atoms with van der Waals surface area (Å²) in [5, 5.41) is 33.2. The van der Waals surface area contributed by atoms with Crippen molar-refractivity contribution in [3.8, 4) is 0 Å². The topological polar surface area (TPSA) is 128 Å². The third-order valence-electron chi connectivity index (χ3n) is 6.30. The SMILES string of the molecule is CCc1nc2ccccc2n1C1CCN(c2c([N+](=O)[O-])cc(CO)c(C)c2[N+](=O)[O-])CC1. The summed E-state index contributed by atoms with van der Waals surface area (Å²) in [7, 11) is 0. The number of aromatic nitrogens is 2. The van der Waals surface area contributed by atoms with Crippen LogP contribution in [-0.4, -0.2) is 37.6 Å². The number of benzene rings is 2. The van der Waals surface area contributed by atoms with Crippen molar-refractivity contribution in [1.29, 1.82) is 0 Å². The summed E-state index contributed by atoms with van der Waals surface area (Å²) in [6, 6.07) is 9.37. The van der Waals surface area contributed by atoms with E-state index in [9.17, 15) is 25.3 Å². The monoisotopic (exact) mass is 439 g/mol. The minimum Gasteiger partial charge on any atom is -0.392 e. The van der Waals surface area contributed by atoms with Crippen LogP contribution >= 0.6 is 0 Å². The van der Waals surface area contributed by atoms with Gasteiger partial charge in [-0.3, -0.25) is 20.2 Å². The molecule has 3 aromatic rings. The third-order valence-corrected chi connectivity index (χ3v) is 6.30. The number of nitro groups is 2. The van der Waals surface area contributed by atoms with Gasteiger partial charge in [0.05, 0.1) is 27.5 Å². The highest BCUT2D eigenvalue weighted by Crippen LogP contribution is 2.43. The molecule has 0 bridgehead atoms. The van der Waals surface area contributed by atoms with Crippen LogP contribution in [0.2, 0.25) is 0 Å². The van der Waals surface area contributed by atoms with E-state index in [2.05, 4.69) is 11.5 Å². The molecule has 0 spiro atoms. The molecule has 1 aliphatic rings. The van der Waals surface area contributed by atoms with Crippen LogP contribution in [0, 0.1) is 27.2 Å². The first-order chi connectivity index (χ1) is 15.4. The number of imidazole rings is 1. The zero-order valence-corrected chi connectivity index (χ0v) is 18.0. The highest BCUT2D eigenvalue weighted by atomic mass is 16.6. The molecule has 1 N–H and O–H groups in total. The zero-order chi connectivity index (χ0) is 23.0. The second-order valence-corrected chi connectivity index (χ2v) is 8.01. The van der Waals surface area contributed by atoms with Gasteiger partial charge in [0.25, 0.3) is 5.69 Å². The Balaban J connectivity index is 1.71. The molecule has 0 atom stereocenters. The fraction of sp³-hybridized carbons (Fsp3) is 0.409. The Morgan fingerprint density at radius 3 is 2.44 bits per heavy atom. The molecule has 2 heterocycles. The lowest BCUT2D eigenvalue weighted by Crippen LogP contribution is -2.36. The minimum absolute atomic E-state index is 0.0272. The summed E-state index contributed by atoms with van der Waals surface area (Å²) in [6.45, 7) is 3.98. The number of anilines is 1. The van der Waals surface area contributed by atoms with Crippen molar-refractivity contribution in [2.24, 2.45) is 0 Å². The van der Waals surface area contributed by atoms with Crippen LogP contribution in [0.1, 0.15) is 42.8 Å². The van der Waals surface area contributed by atoms with Crippen LogP contribution in [-0.2, 0) is 13.0 Å². The average Bonchev–Trinajstić information content (AvgIpc) is 3.17. The Kier molecular flexibility index (Phi) is 5.79. The molecule has 32 heavy (non-hydrogen) atoms. The maximum Gasteiger partial charge on any atom is 0.302 e. The number of aliphatic hydroxyl groups is 1. The van der Waals surface area contributed by atoms with Crippen LogP contribution in [0.4, 0.5) is 17.1 Å². The van der Waals surface area contributed by atoms with Gasteiger partial charge in [-0.2, -0.15) is 0 Å². The number of piperidine rings is 1. The van der Waals surface area contributed by atoms with E-state index >= 15 is 0 Å². The molecule has 168 valence electrons. The van der Waals surface area contributed by atoms with E-state index in [0.29, 0.717) is 25.9 Å². The second kappa shape index (κ2) is 8.54. The molecule has 0 unspecified atom stereocenters. The number of aryl methyl sites for hydroxylation is 1. The van der Waals surface area contributed by atoms with E-state index in [1.165, 1.54) is 13.0 Å². The van der Waals surface area contributed by atoms with Crippen LogP contribution < -0.4 is 4.90 Å². The standard InChI is InChI=1S/C22H25N5O5/c1-3-20-23-17-6-4-5-7-18(17)25(20)16-8-10-24(11-9-16)22-19(26(29)30)12-15(13-28)14(2)21(22)27(31)32/h4-7,12,16,28H,3,8-11,13H2,1-2H3. The van der Waals surface area contributed by atoms with Gasteiger partial charge in [-0.15, -0.1) is 0 Å². The Morgan fingerprint density at radius 1 is 1.16 bits per heavy atom. The molecule has 10 heteroatoms. The van der Waals surface area contributed by atoms with E-state index in [-0.39, 0.29) is 34.2 Å². The summed E-state index contributed by atoms with van der Waals surface area (Å²) in [6.07, 6.45) is 2.15. The molecule has 2 aromatic carbocycles. The van der Waals surface area contributed by atoms with Gasteiger partial charge in [0.1, 0.15) is 5.82 Å². The number of nitrogens with zero attached hydrogens (tertiary/aromatic N) is 5. The summed E-state index contributed by atoms with van der Waals surface area (Å²) >= 11 is 0. The maximum absolute atomic E-state index is 11.9. The van der Waals surface area contributed by atoms with E-state index in [1.54, 1.807) is 4.90 Å². The van der Waals surface area contributed by atoms with Gasteiger partial charge in [-0.1, -0.05) is 19.1 Å². The van der Waals surface area contributed by atoms with Crippen molar-refractivity contribution >= 4 is 28.1 Å². The van der Waals surface area contributed by atoms with Gasteiger partial charge in [0.15, 0.2) is 5.69 Å². The minimum atomic E-state index is -0.606. The predicted octanol–water partition coefficient (Wildman–Crippen LogP) is 4.06. The summed E-state index contributed by atoms with van der Waals surface area (Å²) < 4.78 is 2.25. The Hall–Kier alpha value is -3.53. The van der Waals surface area contributed by atoms with Gasteiger partial charge in [-0.25, -0.2) is 4.98 Å². The van der Waals surface area contributed by atoms with Crippen molar-refractivity contribution in [2.45, 2.75) is 45.8 Å². The van der Waals surface area contributed by atoms with Crippen LogP contribution in [0.5, 0.6) is 0 Å². The first-order valence-electron chi connectivity index (χ1n) is 10.6. The Bertz CT molecular complexity index is 1200. The van der Waals surface area contributed by atoms with Crippen molar-refractivity contribution in [3.05, 3.63) is 67.5 Å². The van der Waals surface area contributed by atoms with Gasteiger partial charge in [0.2, 0.25) is 0 Å². The number of para-hydroxylation sites is 2. The lowest BCUT2D eigenvalue weighted by Gasteiger charge is -2.34. The lowest BCUT2D eigenvalue weighted by molar-refractivity contribution is -0.393. The molecule has 0 saturated carbocycles. The quantitative estimate of drug-likeness (QED) is 0.453. The highest BCUT2D eigenvalue weighted by Gasteiger charge is 2.36. The Labute approximate surface area is 184 Å². The lowest BCUT2D eigenvalue weighted by atomic mass is 9.99. The number of aliphatic hydroxyl groups excluding tert-OH is 1. The third kappa shape index (κ3) is 3.56. The molecule has 1 aliphatic heterocycles. The molecule has 0 amide bonds. The number of hydrogen-bond acceptors (Lipinski definition) is 7.